The quantitative estimate of drug-likeness (QED) is 0.492. The van der Waals surface area contributed by atoms with Crippen molar-refractivity contribution in [1.29, 1.82) is 0 Å². The molecule has 0 aliphatic carbocycles. The van der Waals surface area contributed by atoms with Crippen LogP contribution in [0.25, 0.3) is 0 Å². The van der Waals surface area contributed by atoms with Crippen LogP contribution in [0.5, 0.6) is 0 Å². The fourth-order valence-corrected chi connectivity index (χ4v) is 2.03. The summed E-state index contributed by atoms with van der Waals surface area (Å²) in [6.45, 7) is 2.59. The zero-order chi connectivity index (χ0) is 13.7. The molecule has 1 amide bonds. The molecular formula is C11H19N5OS. The summed E-state index contributed by atoms with van der Waals surface area (Å²) in [5.41, 5.74) is 12.3. The molecule has 7 heteroatoms. The lowest BCUT2D eigenvalue weighted by Gasteiger charge is -2.08. The maximum atomic E-state index is 10.6. The lowest BCUT2D eigenvalue weighted by molar-refractivity contribution is -0.118. The van der Waals surface area contributed by atoms with E-state index in [0.717, 1.165) is 36.5 Å². The number of unbranched alkanes of at least 4 members (excludes halogenated alkanes) is 1. The highest BCUT2D eigenvalue weighted by Crippen LogP contribution is 2.18. The van der Waals surface area contributed by atoms with E-state index in [1.807, 2.05) is 14.0 Å². The molecule has 0 bridgehead atoms. The van der Waals surface area contributed by atoms with Gasteiger partial charge in [-0.25, -0.2) is 0 Å². The zero-order valence-corrected chi connectivity index (χ0v) is 11.5. The monoisotopic (exact) mass is 269 g/mol. The van der Waals surface area contributed by atoms with Crippen LogP contribution in [0.3, 0.4) is 0 Å². The molecule has 0 saturated heterocycles. The first-order valence-corrected chi connectivity index (χ1v) is 6.20. The summed E-state index contributed by atoms with van der Waals surface area (Å²) in [4.78, 5) is 10.9. The summed E-state index contributed by atoms with van der Waals surface area (Å²) >= 11 is 5.01. The maximum Gasteiger partial charge on any atom is 0.217 e. The van der Waals surface area contributed by atoms with Gasteiger partial charge < -0.3 is 16.8 Å². The third-order valence-electron chi connectivity index (χ3n) is 2.61. The third kappa shape index (κ3) is 3.69. The van der Waals surface area contributed by atoms with Crippen LogP contribution in [-0.4, -0.2) is 27.2 Å². The number of rotatable bonds is 7. The summed E-state index contributed by atoms with van der Waals surface area (Å²) < 4.78 is 1.72. The Bertz CT molecular complexity index is 455. The van der Waals surface area contributed by atoms with Gasteiger partial charge in [-0.05, 0) is 19.8 Å². The molecule has 18 heavy (non-hydrogen) atoms. The lowest BCUT2D eigenvalue weighted by Crippen LogP contribution is -2.15. The molecule has 6 nitrogen and oxygen atoms in total. The van der Waals surface area contributed by atoms with Crippen molar-refractivity contribution in [3.8, 4) is 0 Å². The molecule has 0 fully saturated rings. The van der Waals surface area contributed by atoms with E-state index in [4.69, 9.17) is 23.7 Å². The minimum absolute atomic E-state index is 0.268. The summed E-state index contributed by atoms with van der Waals surface area (Å²) in [5, 5.41) is 7.51. The number of nitrogens with zero attached hydrogens (tertiary/aromatic N) is 2. The Kier molecular flexibility index (Phi) is 5.08. The molecular weight excluding hydrogens is 250 g/mol. The van der Waals surface area contributed by atoms with Crippen molar-refractivity contribution in [3.05, 3.63) is 11.3 Å². The molecule has 0 unspecified atom stereocenters. The van der Waals surface area contributed by atoms with Crippen molar-refractivity contribution in [3.63, 3.8) is 0 Å². The van der Waals surface area contributed by atoms with Gasteiger partial charge in [0.15, 0.2) is 0 Å². The van der Waals surface area contributed by atoms with Crippen LogP contribution in [0.15, 0.2) is 0 Å². The van der Waals surface area contributed by atoms with Gasteiger partial charge in [0, 0.05) is 20.0 Å². The smallest absolute Gasteiger partial charge is 0.217 e. The number of carbonyl (C=O) groups is 1. The van der Waals surface area contributed by atoms with Gasteiger partial charge in [0.1, 0.15) is 10.8 Å². The van der Waals surface area contributed by atoms with E-state index >= 15 is 0 Å². The van der Waals surface area contributed by atoms with Gasteiger partial charge in [0.05, 0.1) is 11.3 Å². The van der Waals surface area contributed by atoms with Gasteiger partial charge in [0.25, 0.3) is 0 Å². The second kappa shape index (κ2) is 6.34. The third-order valence-corrected chi connectivity index (χ3v) is 2.82. The van der Waals surface area contributed by atoms with Crippen LogP contribution >= 0.6 is 12.2 Å². The number of anilines is 1. The number of hydrogen-bond donors (Lipinski definition) is 3. The van der Waals surface area contributed by atoms with Crippen LogP contribution < -0.4 is 16.8 Å². The summed E-state index contributed by atoms with van der Waals surface area (Å²) in [7, 11) is 1.83. The summed E-state index contributed by atoms with van der Waals surface area (Å²) in [6, 6.07) is 0. The topological polar surface area (TPSA) is 99.0 Å². The van der Waals surface area contributed by atoms with Gasteiger partial charge in [-0.15, -0.1) is 0 Å². The number of amides is 1. The highest BCUT2D eigenvalue weighted by atomic mass is 32.1. The average molecular weight is 269 g/mol. The minimum atomic E-state index is -0.268. The second-order valence-corrected chi connectivity index (χ2v) is 4.59. The van der Waals surface area contributed by atoms with Gasteiger partial charge in [-0.2, -0.15) is 5.10 Å². The Labute approximate surface area is 112 Å². The maximum absolute atomic E-state index is 10.6. The van der Waals surface area contributed by atoms with E-state index in [2.05, 4.69) is 10.4 Å². The number of hydrogen-bond acceptors (Lipinski definition) is 4. The minimum Gasteiger partial charge on any atom is -0.389 e. The van der Waals surface area contributed by atoms with Crippen LogP contribution in [-0.2, 0) is 11.8 Å². The van der Waals surface area contributed by atoms with Crippen molar-refractivity contribution < 1.29 is 4.79 Å². The van der Waals surface area contributed by atoms with Crippen molar-refractivity contribution in [1.82, 2.24) is 9.78 Å². The van der Waals surface area contributed by atoms with Crippen LogP contribution in [0.4, 0.5) is 5.82 Å². The molecule has 0 saturated carbocycles. The fourth-order valence-electron chi connectivity index (χ4n) is 1.79. The first-order chi connectivity index (χ1) is 8.43. The second-order valence-electron chi connectivity index (χ2n) is 4.15. The Morgan fingerprint density at radius 2 is 2.11 bits per heavy atom. The molecule has 0 aliphatic rings. The van der Waals surface area contributed by atoms with Gasteiger partial charge in [0.2, 0.25) is 5.91 Å². The van der Waals surface area contributed by atoms with E-state index in [1.54, 1.807) is 4.68 Å². The molecule has 0 atom stereocenters. The van der Waals surface area contributed by atoms with Crippen LogP contribution in [0, 0.1) is 6.92 Å². The van der Waals surface area contributed by atoms with Gasteiger partial charge in [-0.1, -0.05) is 12.2 Å². The molecule has 0 aromatic carbocycles. The largest absolute Gasteiger partial charge is 0.389 e. The van der Waals surface area contributed by atoms with Crippen molar-refractivity contribution >= 4 is 28.9 Å². The van der Waals surface area contributed by atoms with Crippen molar-refractivity contribution in [2.75, 3.05) is 11.9 Å². The fraction of sp³-hybridized carbons (Fsp3) is 0.545. The molecule has 0 spiro atoms. The molecule has 1 aromatic heterocycles. The Balaban J connectivity index is 2.56. The van der Waals surface area contributed by atoms with Gasteiger partial charge >= 0.3 is 0 Å². The molecule has 0 aliphatic heterocycles. The molecule has 0 radical (unpaired) electrons. The number of aromatic nitrogens is 2. The highest BCUT2D eigenvalue weighted by molar-refractivity contribution is 7.80. The van der Waals surface area contributed by atoms with E-state index in [9.17, 15) is 4.79 Å². The number of aryl methyl sites for hydroxylation is 2. The van der Waals surface area contributed by atoms with E-state index in [-0.39, 0.29) is 5.91 Å². The molecule has 1 heterocycles. The number of nitrogens with one attached hydrogen (secondary N) is 1. The lowest BCUT2D eigenvalue weighted by atomic mass is 10.2. The summed E-state index contributed by atoms with van der Waals surface area (Å²) in [6.07, 6.45) is 2.03. The normalized spacial score (nSPS) is 10.3. The predicted molar refractivity (Wildman–Crippen MR) is 75.4 cm³/mol. The Hall–Kier alpha value is -1.63. The average Bonchev–Trinajstić information content (AvgIpc) is 2.52. The van der Waals surface area contributed by atoms with Crippen molar-refractivity contribution in [2.24, 2.45) is 18.5 Å². The Morgan fingerprint density at radius 3 is 2.67 bits per heavy atom. The molecule has 1 aromatic rings. The first kappa shape index (κ1) is 14.4. The summed E-state index contributed by atoms with van der Waals surface area (Å²) in [5.74, 6) is 0.550. The van der Waals surface area contributed by atoms with Gasteiger partial charge in [-0.3, -0.25) is 9.48 Å². The standard InChI is InChI=1S/C11H19N5OS/c1-7-9(10(13)18)11(16(2)15-7)14-6-4-3-5-8(12)17/h14H,3-6H2,1-2H3,(H2,12,17)(H2,13,18). The molecule has 1 rings (SSSR count). The van der Waals surface area contributed by atoms with Crippen LogP contribution in [0.2, 0.25) is 0 Å². The van der Waals surface area contributed by atoms with Crippen LogP contribution in [0.1, 0.15) is 30.5 Å². The number of thiocarbonyl (C=S) groups is 1. The van der Waals surface area contributed by atoms with E-state index < -0.39 is 0 Å². The van der Waals surface area contributed by atoms with Crippen molar-refractivity contribution in [2.45, 2.75) is 26.2 Å². The SMILES string of the molecule is Cc1nn(C)c(NCCCCC(N)=O)c1C(N)=S. The highest BCUT2D eigenvalue weighted by Gasteiger charge is 2.14. The van der Waals surface area contributed by atoms with E-state index in [0.29, 0.717) is 11.4 Å². The molecule has 100 valence electrons. The van der Waals surface area contributed by atoms with E-state index in [1.165, 1.54) is 0 Å². The first-order valence-electron chi connectivity index (χ1n) is 5.79. The Morgan fingerprint density at radius 1 is 1.44 bits per heavy atom. The molecule has 5 N–H and O–H groups in total. The number of carbonyl (C=O) groups excluding carboxylic acids is 1. The number of primary amides is 1. The zero-order valence-electron chi connectivity index (χ0n) is 10.7. The predicted octanol–water partition coefficient (Wildman–Crippen LogP) is 0.430. The number of nitrogens with two attached hydrogens (primary N) is 2.